The standard InChI is InChI=1S/C18H20ClNOS/c1-13(16-10-6-7-11-17(16)19)20-18(21)12-22-14(2)15-8-4-3-5-9-15/h3-11,13-14H,12H2,1-2H3,(H,20,21)/t13-,14-/m0/s1. The Morgan fingerprint density at radius 3 is 2.41 bits per heavy atom. The molecule has 0 unspecified atom stereocenters. The second-order valence-electron chi connectivity index (χ2n) is 5.17. The van der Waals surface area contributed by atoms with E-state index < -0.39 is 0 Å². The fourth-order valence-electron chi connectivity index (χ4n) is 2.21. The van der Waals surface area contributed by atoms with Crippen molar-refractivity contribution >= 4 is 29.3 Å². The number of thioether (sulfide) groups is 1. The maximum Gasteiger partial charge on any atom is 0.230 e. The smallest absolute Gasteiger partial charge is 0.230 e. The topological polar surface area (TPSA) is 29.1 Å². The largest absolute Gasteiger partial charge is 0.349 e. The first kappa shape index (κ1) is 16.9. The summed E-state index contributed by atoms with van der Waals surface area (Å²) in [6.07, 6.45) is 0. The lowest BCUT2D eigenvalue weighted by atomic mass is 10.1. The molecule has 0 fully saturated rings. The molecule has 0 aromatic heterocycles. The molecule has 0 aliphatic rings. The minimum absolute atomic E-state index is 0.0280. The Labute approximate surface area is 141 Å². The highest BCUT2D eigenvalue weighted by molar-refractivity contribution is 8.00. The molecule has 1 N–H and O–H groups in total. The minimum atomic E-state index is -0.0890. The quantitative estimate of drug-likeness (QED) is 0.805. The first-order valence-corrected chi connectivity index (χ1v) is 8.71. The maximum absolute atomic E-state index is 12.1. The van der Waals surface area contributed by atoms with Crippen LogP contribution in [0.1, 0.15) is 36.3 Å². The number of carbonyl (C=O) groups is 1. The van der Waals surface area contributed by atoms with Gasteiger partial charge in [-0.3, -0.25) is 4.79 Å². The van der Waals surface area contributed by atoms with E-state index in [0.29, 0.717) is 16.0 Å². The summed E-state index contributed by atoms with van der Waals surface area (Å²) in [5.74, 6) is 0.463. The number of amides is 1. The molecule has 1 amide bonds. The number of nitrogens with one attached hydrogen (secondary N) is 1. The number of halogens is 1. The van der Waals surface area contributed by atoms with Gasteiger partial charge in [-0.2, -0.15) is 0 Å². The molecule has 0 saturated heterocycles. The van der Waals surface area contributed by atoms with E-state index in [2.05, 4.69) is 24.4 Å². The van der Waals surface area contributed by atoms with Crippen LogP contribution in [0.2, 0.25) is 5.02 Å². The average Bonchev–Trinajstić information content (AvgIpc) is 2.53. The van der Waals surface area contributed by atoms with E-state index >= 15 is 0 Å². The van der Waals surface area contributed by atoms with Crippen molar-refractivity contribution in [2.75, 3.05) is 5.75 Å². The normalized spacial score (nSPS) is 13.4. The molecular formula is C18H20ClNOS. The maximum atomic E-state index is 12.1. The fraction of sp³-hybridized carbons (Fsp3) is 0.278. The van der Waals surface area contributed by atoms with Crippen molar-refractivity contribution in [3.8, 4) is 0 Å². The Balaban J connectivity index is 1.84. The van der Waals surface area contributed by atoms with Crippen molar-refractivity contribution < 1.29 is 4.79 Å². The number of rotatable bonds is 6. The van der Waals surface area contributed by atoms with E-state index in [4.69, 9.17) is 11.6 Å². The zero-order valence-corrected chi connectivity index (χ0v) is 14.3. The molecule has 0 aliphatic heterocycles. The van der Waals surface area contributed by atoms with Gasteiger partial charge in [-0.25, -0.2) is 0 Å². The fourth-order valence-corrected chi connectivity index (χ4v) is 3.34. The SMILES string of the molecule is C[C@H](NC(=O)CS[C@@H](C)c1ccccc1)c1ccccc1Cl. The van der Waals surface area contributed by atoms with Crippen LogP contribution in [0.15, 0.2) is 54.6 Å². The molecule has 2 aromatic carbocycles. The van der Waals surface area contributed by atoms with E-state index in [0.717, 1.165) is 5.56 Å². The van der Waals surface area contributed by atoms with Gasteiger partial charge < -0.3 is 5.32 Å². The van der Waals surface area contributed by atoms with Gasteiger partial charge in [0.05, 0.1) is 11.8 Å². The Hall–Kier alpha value is -1.45. The summed E-state index contributed by atoms with van der Waals surface area (Å²) in [6, 6.07) is 17.7. The van der Waals surface area contributed by atoms with Crippen molar-refractivity contribution in [2.24, 2.45) is 0 Å². The highest BCUT2D eigenvalue weighted by Gasteiger charge is 2.14. The van der Waals surface area contributed by atoms with Crippen molar-refractivity contribution in [1.29, 1.82) is 0 Å². The molecule has 0 aliphatic carbocycles. The Kier molecular flexibility index (Phi) is 6.34. The third kappa shape index (κ3) is 4.79. The van der Waals surface area contributed by atoms with Gasteiger partial charge in [-0.1, -0.05) is 60.1 Å². The summed E-state index contributed by atoms with van der Waals surface area (Å²) >= 11 is 7.79. The third-order valence-corrected chi connectivity index (χ3v) is 5.03. The van der Waals surface area contributed by atoms with Crippen LogP contribution in [0.25, 0.3) is 0 Å². The lowest BCUT2D eigenvalue weighted by Crippen LogP contribution is -2.28. The number of hydrogen-bond donors (Lipinski definition) is 1. The second-order valence-corrected chi connectivity index (χ2v) is 6.91. The van der Waals surface area contributed by atoms with Crippen LogP contribution in [0.5, 0.6) is 0 Å². The highest BCUT2D eigenvalue weighted by atomic mass is 35.5. The average molecular weight is 334 g/mol. The van der Waals surface area contributed by atoms with E-state index in [9.17, 15) is 4.79 Å². The summed E-state index contributed by atoms with van der Waals surface area (Å²) in [4.78, 5) is 12.1. The summed E-state index contributed by atoms with van der Waals surface area (Å²) in [7, 11) is 0. The molecule has 2 atom stereocenters. The van der Waals surface area contributed by atoms with Crippen LogP contribution < -0.4 is 5.32 Å². The molecular weight excluding hydrogens is 314 g/mol. The molecule has 2 rings (SSSR count). The van der Waals surface area contributed by atoms with E-state index in [1.165, 1.54) is 5.56 Å². The summed E-state index contributed by atoms with van der Waals surface area (Å²) < 4.78 is 0. The number of benzene rings is 2. The summed E-state index contributed by atoms with van der Waals surface area (Å²) in [6.45, 7) is 4.06. The zero-order chi connectivity index (χ0) is 15.9. The van der Waals surface area contributed by atoms with Gasteiger partial charge >= 0.3 is 0 Å². The van der Waals surface area contributed by atoms with E-state index in [1.54, 1.807) is 11.8 Å². The third-order valence-electron chi connectivity index (χ3n) is 3.48. The van der Waals surface area contributed by atoms with Crippen LogP contribution in [-0.4, -0.2) is 11.7 Å². The van der Waals surface area contributed by atoms with Crippen LogP contribution in [0, 0.1) is 0 Å². The number of carbonyl (C=O) groups excluding carboxylic acids is 1. The van der Waals surface area contributed by atoms with Crippen LogP contribution in [-0.2, 0) is 4.79 Å². The van der Waals surface area contributed by atoms with Crippen LogP contribution in [0.4, 0.5) is 0 Å². The first-order valence-electron chi connectivity index (χ1n) is 7.28. The van der Waals surface area contributed by atoms with Gasteiger partial charge in [0.25, 0.3) is 0 Å². The van der Waals surface area contributed by atoms with Gasteiger partial charge in [0, 0.05) is 10.3 Å². The summed E-state index contributed by atoms with van der Waals surface area (Å²) in [5.41, 5.74) is 2.18. The van der Waals surface area contributed by atoms with Crippen LogP contribution >= 0.6 is 23.4 Å². The van der Waals surface area contributed by atoms with Crippen molar-refractivity contribution in [3.63, 3.8) is 0 Å². The molecule has 0 radical (unpaired) electrons. The van der Waals surface area contributed by atoms with Crippen molar-refractivity contribution in [3.05, 3.63) is 70.7 Å². The van der Waals surface area contributed by atoms with Gasteiger partial charge in [-0.05, 0) is 31.0 Å². The first-order chi connectivity index (χ1) is 10.6. The predicted octanol–water partition coefficient (Wildman–Crippen LogP) is 5.01. The zero-order valence-electron chi connectivity index (χ0n) is 12.8. The molecule has 0 saturated carbocycles. The Morgan fingerprint density at radius 1 is 1.09 bits per heavy atom. The van der Waals surface area contributed by atoms with E-state index in [1.807, 2.05) is 49.4 Å². The lowest BCUT2D eigenvalue weighted by molar-refractivity contribution is -0.119. The molecule has 2 aromatic rings. The molecule has 4 heteroatoms. The second kappa shape index (κ2) is 8.25. The van der Waals surface area contributed by atoms with Gasteiger partial charge in [0.1, 0.15) is 0 Å². The van der Waals surface area contributed by atoms with Gasteiger partial charge in [0.15, 0.2) is 0 Å². The molecule has 0 bridgehead atoms. The number of hydrogen-bond acceptors (Lipinski definition) is 2. The monoisotopic (exact) mass is 333 g/mol. The summed E-state index contributed by atoms with van der Waals surface area (Å²) in [5, 5.41) is 3.97. The van der Waals surface area contributed by atoms with Gasteiger partial charge in [-0.15, -0.1) is 11.8 Å². The Morgan fingerprint density at radius 2 is 1.73 bits per heavy atom. The Bertz CT molecular complexity index is 617. The molecule has 0 spiro atoms. The molecule has 0 heterocycles. The lowest BCUT2D eigenvalue weighted by Gasteiger charge is -2.17. The van der Waals surface area contributed by atoms with Crippen molar-refractivity contribution in [1.82, 2.24) is 5.32 Å². The van der Waals surface area contributed by atoms with Crippen molar-refractivity contribution in [2.45, 2.75) is 25.1 Å². The van der Waals surface area contributed by atoms with Crippen LogP contribution in [0.3, 0.4) is 0 Å². The van der Waals surface area contributed by atoms with Gasteiger partial charge in [0.2, 0.25) is 5.91 Å². The molecule has 22 heavy (non-hydrogen) atoms. The van der Waals surface area contributed by atoms with E-state index in [-0.39, 0.29) is 11.9 Å². The highest BCUT2D eigenvalue weighted by Crippen LogP contribution is 2.28. The molecule has 116 valence electrons. The minimum Gasteiger partial charge on any atom is -0.349 e. The molecule has 2 nitrogen and oxygen atoms in total. The predicted molar refractivity (Wildman–Crippen MR) is 95.3 cm³/mol.